The number of fused-ring (bicyclic) bond motifs is 1. The summed E-state index contributed by atoms with van der Waals surface area (Å²) in [5.74, 6) is -1.65. The number of hydrogen-bond donors (Lipinski definition) is 0. The Bertz CT molecular complexity index is 1140. The molecule has 4 rings (SSSR count). The van der Waals surface area contributed by atoms with Gasteiger partial charge in [0.2, 0.25) is 0 Å². The Morgan fingerprint density at radius 1 is 1.14 bits per heavy atom. The van der Waals surface area contributed by atoms with E-state index in [2.05, 4.69) is 11.2 Å². The van der Waals surface area contributed by atoms with Crippen molar-refractivity contribution >= 4 is 22.9 Å². The third-order valence-electron chi connectivity index (χ3n) is 5.01. The fourth-order valence-corrected chi connectivity index (χ4v) is 3.49. The average Bonchev–Trinajstić information content (AvgIpc) is 2.71. The van der Waals surface area contributed by atoms with E-state index in [1.807, 2.05) is 4.90 Å². The van der Waals surface area contributed by atoms with Crippen molar-refractivity contribution in [2.24, 2.45) is 5.10 Å². The number of nitriles is 1. The predicted molar refractivity (Wildman–Crippen MR) is 105 cm³/mol. The van der Waals surface area contributed by atoms with E-state index < -0.39 is 17.8 Å². The van der Waals surface area contributed by atoms with Crippen LogP contribution in [-0.2, 0) is 4.79 Å². The zero-order valence-corrected chi connectivity index (χ0v) is 15.7. The van der Waals surface area contributed by atoms with Crippen LogP contribution in [0, 0.1) is 23.0 Å². The minimum atomic E-state index is -0.688. The minimum Gasteiger partial charge on any atom is -0.349 e. The van der Waals surface area contributed by atoms with Crippen LogP contribution in [0.5, 0.6) is 0 Å². The van der Waals surface area contributed by atoms with Crippen LogP contribution in [-0.4, -0.2) is 34.7 Å². The molecular formula is C22H16F2N4O. The highest BCUT2D eigenvalue weighted by molar-refractivity contribution is 6.23. The van der Waals surface area contributed by atoms with Crippen molar-refractivity contribution < 1.29 is 13.6 Å². The van der Waals surface area contributed by atoms with E-state index in [4.69, 9.17) is 5.26 Å². The number of benzene rings is 2. The van der Waals surface area contributed by atoms with Crippen LogP contribution >= 0.6 is 0 Å². The second-order valence-corrected chi connectivity index (χ2v) is 6.82. The molecule has 2 aromatic rings. The van der Waals surface area contributed by atoms with E-state index in [1.54, 1.807) is 44.3 Å². The molecule has 0 saturated heterocycles. The topological polar surface area (TPSA) is 59.7 Å². The van der Waals surface area contributed by atoms with E-state index in [1.165, 1.54) is 23.2 Å². The molecule has 0 fully saturated rings. The monoisotopic (exact) mass is 390 g/mol. The molecule has 0 spiro atoms. The van der Waals surface area contributed by atoms with Gasteiger partial charge in [0.25, 0.3) is 5.91 Å². The lowest BCUT2D eigenvalue weighted by atomic mass is 9.97. The van der Waals surface area contributed by atoms with Crippen LogP contribution in [0.15, 0.2) is 59.7 Å². The van der Waals surface area contributed by atoms with Crippen LogP contribution in [0.25, 0.3) is 11.3 Å². The number of rotatable bonds is 2. The fraction of sp³-hybridized carbons (Fsp3) is 0.136. The minimum absolute atomic E-state index is 0.225. The molecule has 0 saturated carbocycles. The van der Waals surface area contributed by atoms with Gasteiger partial charge in [0.15, 0.2) is 0 Å². The molecule has 7 heteroatoms. The molecule has 5 nitrogen and oxygen atoms in total. The summed E-state index contributed by atoms with van der Waals surface area (Å²) in [7, 11) is 1.81. The molecule has 0 radical (unpaired) electrons. The molecular weight excluding hydrogens is 374 g/mol. The normalized spacial score (nSPS) is 18.5. The zero-order valence-electron chi connectivity index (χ0n) is 15.7. The molecule has 2 heterocycles. The SMILES string of the molecule is CC1=NN2C(=O)C=C(c3ccc(C#N)cc3)N(C)C2C=C1c1ccc(F)cc1F. The largest absolute Gasteiger partial charge is 0.349 e. The van der Waals surface area contributed by atoms with Crippen molar-refractivity contribution in [3.8, 4) is 6.07 Å². The van der Waals surface area contributed by atoms with Gasteiger partial charge in [0, 0.05) is 30.3 Å². The highest BCUT2D eigenvalue weighted by atomic mass is 19.1. The fourth-order valence-electron chi connectivity index (χ4n) is 3.49. The quantitative estimate of drug-likeness (QED) is 0.785. The molecule has 2 aromatic carbocycles. The number of nitrogens with zero attached hydrogens (tertiary/aromatic N) is 4. The Balaban J connectivity index is 1.76. The third-order valence-corrected chi connectivity index (χ3v) is 5.01. The average molecular weight is 390 g/mol. The predicted octanol–water partition coefficient (Wildman–Crippen LogP) is 3.75. The lowest BCUT2D eigenvalue weighted by molar-refractivity contribution is -0.130. The first-order valence-corrected chi connectivity index (χ1v) is 8.90. The Kier molecular flexibility index (Phi) is 4.47. The summed E-state index contributed by atoms with van der Waals surface area (Å²) in [5.41, 5.74) is 3.14. The Hall–Kier alpha value is -3.79. The molecule has 0 N–H and O–H groups in total. The van der Waals surface area contributed by atoms with Crippen LogP contribution in [0.1, 0.15) is 23.6 Å². The van der Waals surface area contributed by atoms with Crippen molar-refractivity contribution in [3.63, 3.8) is 0 Å². The van der Waals surface area contributed by atoms with E-state index in [0.29, 0.717) is 22.5 Å². The number of hydrogen-bond acceptors (Lipinski definition) is 4. The summed E-state index contributed by atoms with van der Waals surface area (Å²) in [4.78, 5) is 14.5. The molecule has 1 amide bonds. The summed E-state index contributed by atoms with van der Waals surface area (Å²) in [6.45, 7) is 1.68. The van der Waals surface area contributed by atoms with E-state index in [-0.39, 0.29) is 11.5 Å². The molecule has 0 aromatic heterocycles. The van der Waals surface area contributed by atoms with Gasteiger partial charge < -0.3 is 4.90 Å². The van der Waals surface area contributed by atoms with Gasteiger partial charge in [-0.25, -0.2) is 13.8 Å². The van der Waals surface area contributed by atoms with Crippen molar-refractivity contribution in [2.75, 3.05) is 7.05 Å². The molecule has 1 atom stereocenters. The van der Waals surface area contributed by atoms with E-state index >= 15 is 0 Å². The van der Waals surface area contributed by atoms with Crippen molar-refractivity contribution in [1.82, 2.24) is 9.91 Å². The van der Waals surface area contributed by atoms with Gasteiger partial charge in [-0.3, -0.25) is 4.79 Å². The maximum atomic E-state index is 14.4. The van der Waals surface area contributed by atoms with Gasteiger partial charge in [-0.1, -0.05) is 12.1 Å². The summed E-state index contributed by atoms with van der Waals surface area (Å²) in [5, 5.41) is 14.7. The Morgan fingerprint density at radius 2 is 1.86 bits per heavy atom. The van der Waals surface area contributed by atoms with Crippen LogP contribution in [0.3, 0.4) is 0 Å². The molecule has 0 aliphatic carbocycles. The molecule has 29 heavy (non-hydrogen) atoms. The first kappa shape index (κ1) is 18.6. The standard InChI is InChI=1S/C22H16F2N4O/c1-13-18(17-8-7-16(23)9-19(17)24)10-21-27(2)20(11-22(29)28(21)26-13)15-5-3-14(12-25)4-6-15/h3-11,21H,1-2H3. The van der Waals surface area contributed by atoms with Crippen LogP contribution in [0.2, 0.25) is 0 Å². The number of carbonyl (C=O) groups excluding carboxylic acids is 1. The second-order valence-electron chi connectivity index (χ2n) is 6.82. The van der Waals surface area contributed by atoms with Gasteiger partial charge >= 0.3 is 0 Å². The lowest BCUT2D eigenvalue weighted by Gasteiger charge is -2.41. The van der Waals surface area contributed by atoms with E-state index in [9.17, 15) is 13.6 Å². The number of amides is 1. The molecule has 0 bridgehead atoms. The first-order valence-electron chi connectivity index (χ1n) is 8.90. The van der Waals surface area contributed by atoms with Crippen molar-refractivity contribution in [1.29, 1.82) is 5.26 Å². The number of likely N-dealkylation sites (N-methyl/N-ethyl adjacent to an activating group) is 1. The first-order chi connectivity index (χ1) is 13.9. The van der Waals surface area contributed by atoms with Crippen LogP contribution < -0.4 is 0 Å². The van der Waals surface area contributed by atoms with Crippen molar-refractivity contribution in [2.45, 2.75) is 13.1 Å². The molecule has 144 valence electrons. The second kappa shape index (κ2) is 6.99. The maximum absolute atomic E-state index is 14.4. The highest BCUT2D eigenvalue weighted by Gasteiger charge is 2.35. The smallest absolute Gasteiger partial charge is 0.271 e. The highest BCUT2D eigenvalue weighted by Crippen LogP contribution is 2.33. The third kappa shape index (κ3) is 3.19. The number of halogens is 2. The molecule has 1 unspecified atom stereocenters. The number of allylic oxidation sites excluding steroid dienone is 1. The molecule has 2 aliphatic rings. The zero-order chi connectivity index (χ0) is 20.7. The van der Waals surface area contributed by atoms with Gasteiger partial charge in [-0.2, -0.15) is 10.4 Å². The summed E-state index contributed by atoms with van der Waals surface area (Å²) >= 11 is 0. The van der Waals surface area contributed by atoms with Gasteiger partial charge in [0.1, 0.15) is 17.8 Å². The van der Waals surface area contributed by atoms with Gasteiger partial charge in [-0.05, 0) is 42.8 Å². The lowest BCUT2D eigenvalue weighted by Crippen LogP contribution is -2.50. The maximum Gasteiger partial charge on any atom is 0.271 e. The molecule has 2 aliphatic heterocycles. The van der Waals surface area contributed by atoms with E-state index in [0.717, 1.165) is 11.6 Å². The number of hydrazone groups is 1. The summed E-state index contributed by atoms with van der Waals surface area (Å²) in [6.07, 6.45) is 2.65. The summed E-state index contributed by atoms with van der Waals surface area (Å²) < 4.78 is 27.7. The van der Waals surface area contributed by atoms with Gasteiger partial charge in [-0.15, -0.1) is 0 Å². The van der Waals surface area contributed by atoms with Crippen LogP contribution in [0.4, 0.5) is 8.78 Å². The van der Waals surface area contributed by atoms with Crippen molar-refractivity contribution in [3.05, 3.63) is 82.9 Å². The Labute approximate surface area is 166 Å². The van der Waals surface area contributed by atoms with Gasteiger partial charge in [0.05, 0.1) is 23.0 Å². The summed E-state index contributed by atoms with van der Waals surface area (Å²) in [6, 6.07) is 12.3. The Morgan fingerprint density at radius 3 is 2.52 bits per heavy atom. The number of carbonyl (C=O) groups is 1.